The molecule has 6 heteroatoms. The summed E-state index contributed by atoms with van der Waals surface area (Å²) < 4.78 is 1.57. The first-order chi connectivity index (χ1) is 15.2. The molecule has 2 aromatic heterocycles. The Kier molecular flexibility index (Phi) is 4.75. The van der Waals surface area contributed by atoms with Crippen molar-refractivity contribution in [2.45, 2.75) is 18.9 Å². The second-order valence-corrected chi connectivity index (χ2v) is 7.72. The molecule has 154 valence electrons. The van der Waals surface area contributed by atoms with Crippen molar-refractivity contribution in [3.8, 4) is 11.3 Å². The maximum atomic E-state index is 13.2. The summed E-state index contributed by atoms with van der Waals surface area (Å²) in [5.74, 6) is -0.438. The smallest absolute Gasteiger partial charge is 0.270 e. The van der Waals surface area contributed by atoms with Gasteiger partial charge in [-0.2, -0.15) is 5.10 Å². The van der Waals surface area contributed by atoms with E-state index >= 15 is 0 Å². The van der Waals surface area contributed by atoms with Crippen molar-refractivity contribution in [3.05, 3.63) is 95.2 Å². The molecule has 31 heavy (non-hydrogen) atoms. The van der Waals surface area contributed by atoms with E-state index in [-0.39, 0.29) is 17.9 Å². The topological polar surface area (TPSA) is 75.5 Å². The number of amides is 2. The quantitative estimate of drug-likeness (QED) is 0.542. The summed E-state index contributed by atoms with van der Waals surface area (Å²) in [6.07, 6.45) is 1.63. The maximum absolute atomic E-state index is 13.2. The van der Waals surface area contributed by atoms with Crippen LogP contribution in [0.2, 0.25) is 0 Å². The maximum Gasteiger partial charge on any atom is 0.270 e. The zero-order valence-corrected chi connectivity index (χ0v) is 17.1. The van der Waals surface area contributed by atoms with Gasteiger partial charge >= 0.3 is 0 Å². The number of benzene rings is 2. The molecule has 0 atom stereocenters. The third-order valence-corrected chi connectivity index (χ3v) is 5.78. The average Bonchev–Trinajstić information content (AvgIpc) is 3.39. The van der Waals surface area contributed by atoms with Gasteiger partial charge in [0.05, 0.1) is 11.1 Å². The zero-order chi connectivity index (χ0) is 21.4. The van der Waals surface area contributed by atoms with Crippen molar-refractivity contribution >= 4 is 17.3 Å². The molecule has 2 heterocycles. The summed E-state index contributed by atoms with van der Waals surface area (Å²) >= 11 is 0. The van der Waals surface area contributed by atoms with Gasteiger partial charge in [0.15, 0.2) is 0 Å². The monoisotopic (exact) mass is 410 g/mol. The van der Waals surface area contributed by atoms with Crippen LogP contribution in [-0.4, -0.2) is 34.5 Å². The van der Waals surface area contributed by atoms with Crippen LogP contribution in [0.15, 0.2) is 72.8 Å². The SMILES string of the molecule is CNC(=O)c1c(-c2ccccc2)nn2c(C(=O)NC3Cc4ccccc4C3)cccc12. The number of carbonyl (C=O) groups excluding carboxylic acids is 2. The first-order valence-corrected chi connectivity index (χ1v) is 10.3. The lowest BCUT2D eigenvalue weighted by Gasteiger charge is -2.13. The van der Waals surface area contributed by atoms with E-state index < -0.39 is 0 Å². The third kappa shape index (κ3) is 3.36. The highest BCUT2D eigenvalue weighted by Crippen LogP contribution is 2.27. The van der Waals surface area contributed by atoms with E-state index in [4.69, 9.17) is 0 Å². The van der Waals surface area contributed by atoms with Crippen LogP contribution in [0.3, 0.4) is 0 Å². The Balaban J connectivity index is 1.53. The van der Waals surface area contributed by atoms with E-state index in [0.29, 0.717) is 22.5 Å². The Morgan fingerprint density at radius 2 is 1.55 bits per heavy atom. The lowest BCUT2D eigenvalue weighted by Crippen LogP contribution is -2.36. The minimum atomic E-state index is -0.238. The van der Waals surface area contributed by atoms with Crippen molar-refractivity contribution in [1.82, 2.24) is 20.2 Å². The van der Waals surface area contributed by atoms with Crippen LogP contribution in [0.25, 0.3) is 16.8 Å². The molecule has 1 aliphatic carbocycles. The first-order valence-electron chi connectivity index (χ1n) is 10.3. The van der Waals surface area contributed by atoms with Crippen LogP contribution in [0, 0.1) is 0 Å². The molecule has 0 aliphatic heterocycles. The molecule has 0 bridgehead atoms. The Morgan fingerprint density at radius 1 is 0.871 bits per heavy atom. The highest BCUT2D eigenvalue weighted by Gasteiger charge is 2.26. The van der Waals surface area contributed by atoms with Gasteiger partial charge < -0.3 is 10.6 Å². The minimum absolute atomic E-state index is 0.0442. The molecule has 4 aromatic rings. The van der Waals surface area contributed by atoms with Gasteiger partial charge in [-0.05, 0) is 36.1 Å². The van der Waals surface area contributed by atoms with Crippen LogP contribution in [0.4, 0.5) is 0 Å². The molecule has 5 rings (SSSR count). The fourth-order valence-corrected chi connectivity index (χ4v) is 4.31. The third-order valence-electron chi connectivity index (χ3n) is 5.78. The Hall–Kier alpha value is -3.93. The van der Waals surface area contributed by atoms with E-state index in [1.165, 1.54) is 11.1 Å². The number of fused-ring (bicyclic) bond motifs is 2. The lowest BCUT2D eigenvalue weighted by molar-refractivity contribution is 0.0928. The average molecular weight is 410 g/mol. The summed E-state index contributed by atoms with van der Waals surface area (Å²) in [6, 6.07) is 23.2. The molecular weight excluding hydrogens is 388 g/mol. The van der Waals surface area contributed by atoms with Gasteiger partial charge in [-0.25, -0.2) is 4.52 Å². The standard InChI is InChI=1S/C25H22N4O2/c1-26-25(31)22-20-12-7-13-21(29(20)28-23(22)16-8-3-2-4-9-16)24(30)27-19-14-17-10-5-6-11-18(17)15-19/h2-13,19H,14-15H2,1H3,(H,26,31)(H,27,30). The van der Waals surface area contributed by atoms with Crippen molar-refractivity contribution in [2.75, 3.05) is 7.05 Å². The molecule has 0 unspecified atom stereocenters. The highest BCUT2D eigenvalue weighted by molar-refractivity contribution is 6.07. The van der Waals surface area contributed by atoms with Gasteiger partial charge in [0.1, 0.15) is 11.4 Å². The minimum Gasteiger partial charge on any atom is -0.355 e. The van der Waals surface area contributed by atoms with Crippen molar-refractivity contribution < 1.29 is 9.59 Å². The Labute approximate surface area is 179 Å². The van der Waals surface area contributed by atoms with Crippen LogP contribution < -0.4 is 10.6 Å². The van der Waals surface area contributed by atoms with Crippen LogP contribution in [0.1, 0.15) is 32.0 Å². The molecule has 0 radical (unpaired) electrons. The molecule has 0 spiro atoms. The Bertz CT molecular complexity index is 1270. The van der Waals surface area contributed by atoms with Gasteiger partial charge in [-0.15, -0.1) is 0 Å². The summed E-state index contributed by atoms with van der Waals surface area (Å²) in [5.41, 5.74) is 5.38. The number of pyridine rings is 1. The zero-order valence-electron chi connectivity index (χ0n) is 17.1. The van der Waals surface area contributed by atoms with Gasteiger partial charge in [0.25, 0.3) is 11.8 Å². The highest BCUT2D eigenvalue weighted by atomic mass is 16.2. The van der Waals surface area contributed by atoms with Crippen LogP contribution >= 0.6 is 0 Å². The van der Waals surface area contributed by atoms with Gasteiger partial charge in [-0.3, -0.25) is 9.59 Å². The van der Waals surface area contributed by atoms with Gasteiger partial charge in [0.2, 0.25) is 0 Å². The summed E-state index contributed by atoms with van der Waals surface area (Å²) in [4.78, 5) is 25.9. The molecule has 2 aromatic carbocycles. The predicted molar refractivity (Wildman–Crippen MR) is 119 cm³/mol. The van der Waals surface area contributed by atoms with E-state index in [1.54, 1.807) is 23.7 Å². The molecule has 2 amide bonds. The number of carbonyl (C=O) groups is 2. The van der Waals surface area contributed by atoms with E-state index in [2.05, 4.69) is 27.9 Å². The van der Waals surface area contributed by atoms with Crippen LogP contribution in [0.5, 0.6) is 0 Å². The molecule has 0 saturated heterocycles. The number of hydrogen-bond donors (Lipinski definition) is 2. The normalized spacial score (nSPS) is 13.2. The second kappa shape index (κ2) is 7.72. The summed E-state index contributed by atoms with van der Waals surface area (Å²) in [7, 11) is 1.59. The number of nitrogens with zero attached hydrogens (tertiary/aromatic N) is 2. The number of aromatic nitrogens is 2. The largest absolute Gasteiger partial charge is 0.355 e. The van der Waals surface area contributed by atoms with E-state index in [1.807, 2.05) is 48.5 Å². The Morgan fingerprint density at radius 3 is 2.23 bits per heavy atom. The van der Waals surface area contributed by atoms with Crippen molar-refractivity contribution in [3.63, 3.8) is 0 Å². The van der Waals surface area contributed by atoms with Crippen LogP contribution in [-0.2, 0) is 12.8 Å². The molecule has 0 fully saturated rings. The number of rotatable bonds is 4. The van der Waals surface area contributed by atoms with E-state index in [0.717, 1.165) is 18.4 Å². The van der Waals surface area contributed by atoms with E-state index in [9.17, 15) is 9.59 Å². The fraction of sp³-hybridized carbons (Fsp3) is 0.160. The molecule has 6 nitrogen and oxygen atoms in total. The van der Waals surface area contributed by atoms with Crippen molar-refractivity contribution in [2.24, 2.45) is 0 Å². The van der Waals surface area contributed by atoms with Crippen molar-refractivity contribution in [1.29, 1.82) is 0 Å². The molecule has 1 aliphatic rings. The lowest BCUT2D eigenvalue weighted by atomic mass is 10.1. The molecule has 2 N–H and O–H groups in total. The van der Waals surface area contributed by atoms with Gasteiger partial charge in [0, 0.05) is 18.7 Å². The summed E-state index contributed by atoms with van der Waals surface area (Å²) in [6.45, 7) is 0. The fourth-order valence-electron chi connectivity index (χ4n) is 4.31. The molecular formula is C25H22N4O2. The summed E-state index contributed by atoms with van der Waals surface area (Å²) in [5, 5.41) is 10.5. The number of nitrogens with one attached hydrogen (secondary N) is 2. The second-order valence-electron chi connectivity index (χ2n) is 7.72. The number of hydrogen-bond acceptors (Lipinski definition) is 3. The first kappa shape index (κ1) is 19.1. The predicted octanol–water partition coefficient (Wildman–Crippen LogP) is 3.26. The van der Waals surface area contributed by atoms with Gasteiger partial charge in [-0.1, -0.05) is 60.7 Å². The molecule has 0 saturated carbocycles.